The van der Waals surface area contributed by atoms with E-state index in [0.29, 0.717) is 19.6 Å². The summed E-state index contributed by atoms with van der Waals surface area (Å²) < 4.78 is 31.1. The highest BCUT2D eigenvalue weighted by Crippen LogP contribution is 2.15. The molecule has 6 nitrogen and oxygen atoms in total. The highest BCUT2D eigenvalue weighted by atomic mass is 32.2. The fourth-order valence-electron chi connectivity index (χ4n) is 1.89. The maximum absolute atomic E-state index is 12.5. The summed E-state index contributed by atoms with van der Waals surface area (Å²) in [5.74, 6) is -0.311. The Bertz CT molecular complexity index is 570. The minimum absolute atomic E-state index is 0.181. The van der Waals surface area contributed by atoms with Crippen molar-refractivity contribution in [3.05, 3.63) is 29.8 Å². The molecule has 1 rings (SSSR count). The van der Waals surface area contributed by atoms with Crippen LogP contribution in [0, 0.1) is 6.92 Å². The van der Waals surface area contributed by atoms with Crippen molar-refractivity contribution in [1.29, 1.82) is 0 Å². The number of likely N-dealkylation sites (N-methyl/N-ethyl adjacent to an activating group) is 1. The van der Waals surface area contributed by atoms with Crippen LogP contribution in [0.5, 0.6) is 0 Å². The normalized spacial score (nSPS) is 11.6. The lowest BCUT2D eigenvalue weighted by Gasteiger charge is -2.20. The van der Waals surface area contributed by atoms with E-state index in [9.17, 15) is 13.2 Å². The largest absolute Gasteiger partial charge is 0.385 e. The SMILES string of the molecule is CCN(CC(=O)NCCCOC)S(=O)(=O)c1ccc(C)cc1. The molecule has 1 aromatic rings. The predicted octanol–water partition coefficient (Wildman–Crippen LogP) is 1.16. The zero-order valence-electron chi connectivity index (χ0n) is 13.3. The number of aryl methyl sites for hydroxylation is 1. The highest BCUT2D eigenvalue weighted by molar-refractivity contribution is 7.89. The minimum Gasteiger partial charge on any atom is -0.385 e. The van der Waals surface area contributed by atoms with Crippen LogP contribution in [0.1, 0.15) is 18.9 Å². The van der Waals surface area contributed by atoms with Gasteiger partial charge in [-0.2, -0.15) is 4.31 Å². The smallest absolute Gasteiger partial charge is 0.243 e. The van der Waals surface area contributed by atoms with E-state index < -0.39 is 10.0 Å². The summed E-state index contributed by atoms with van der Waals surface area (Å²) in [7, 11) is -2.06. The van der Waals surface area contributed by atoms with Crippen molar-refractivity contribution in [3.8, 4) is 0 Å². The van der Waals surface area contributed by atoms with Gasteiger partial charge in [-0.05, 0) is 25.5 Å². The zero-order chi connectivity index (χ0) is 16.6. The molecule has 0 saturated heterocycles. The fraction of sp³-hybridized carbons (Fsp3) is 0.533. The molecular formula is C15H24N2O4S. The number of nitrogens with one attached hydrogen (secondary N) is 1. The lowest BCUT2D eigenvalue weighted by molar-refractivity contribution is -0.121. The number of hydrogen-bond donors (Lipinski definition) is 1. The molecule has 0 fully saturated rings. The quantitative estimate of drug-likeness (QED) is 0.690. The molecule has 0 radical (unpaired) electrons. The Balaban J connectivity index is 2.69. The average Bonchev–Trinajstić information content (AvgIpc) is 2.49. The molecule has 0 aromatic heterocycles. The molecule has 22 heavy (non-hydrogen) atoms. The first kappa shape index (κ1) is 18.6. The van der Waals surface area contributed by atoms with Crippen molar-refractivity contribution in [1.82, 2.24) is 9.62 Å². The number of amides is 1. The summed E-state index contributed by atoms with van der Waals surface area (Å²) in [4.78, 5) is 12.1. The van der Waals surface area contributed by atoms with E-state index in [2.05, 4.69) is 5.32 Å². The van der Waals surface area contributed by atoms with Crippen molar-refractivity contribution >= 4 is 15.9 Å². The summed E-state index contributed by atoms with van der Waals surface area (Å²) in [6.45, 7) is 4.68. The van der Waals surface area contributed by atoms with Crippen LogP contribution in [-0.2, 0) is 19.6 Å². The summed E-state index contributed by atoms with van der Waals surface area (Å²) in [5, 5.41) is 2.69. The topological polar surface area (TPSA) is 75.7 Å². The molecule has 0 spiro atoms. The Labute approximate surface area is 132 Å². The number of carbonyl (C=O) groups excluding carboxylic acids is 1. The van der Waals surface area contributed by atoms with Gasteiger partial charge in [-0.25, -0.2) is 8.42 Å². The Kier molecular flexibility index (Phi) is 7.50. The van der Waals surface area contributed by atoms with Crippen LogP contribution < -0.4 is 5.32 Å². The van der Waals surface area contributed by atoms with Gasteiger partial charge in [0.15, 0.2) is 0 Å². The van der Waals surface area contributed by atoms with Crippen molar-refractivity contribution in [3.63, 3.8) is 0 Å². The number of rotatable bonds is 9. The van der Waals surface area contributed by atoms with Crippen LogP contribution in [0.3, 0.4) is 0 Å². The maximum Gasteiger partial charge on any atom is 0.243 e. The molecule has 124 valence electrons. The maximum atomic E-state index is 12.5. The summed E-state index contributed by atoms with van der Waals surface area (Å²) >= 11 is 0. The molecule has 0 atom stereocenters. The lowest BCUT2D eigenvalue weighted by Crippen LogP contribution is -2.40. The van der Waals surface area contributed by atoms with Crippen LogP contribution in [0.2, 0.25) is 0 Å². The predicted molar refractivity (Wildman–Crippen MR) is 85.1 cm³/mol. The van der Waals surface area contributed by atoms with Gasteiger partial charge in [0.2, 0.25) is 15.9 Å². The van der Waals surface area contributed by atoms with Crippen molar-refractivity contribution < 1.29 is 17.9 Å². The van der Waals surface area contributed by atoms with Gasteiger partial charge >= 0.3 is 0 Å². The van der Waals surface area contributed by atoms with E-state index in [1.54, 1.807) is 38.3 Å². The van der Waals surface area contributed by atoms with Gasteiger partial charge in [0.1, 0.15) is 0 Å². The van der Waals surface area contributed by atoms with Crippen LogP contribution in [0.15, 0.2) is 29.2 Å². The third kappa shape index (κ3) is 5.40. The molecule has 0 unspecified atom stereocenters. The average molecular weight is 328 g/mol. The summed E-state index contributed by atoms with van der Waals surface area (Å²) in [5.41, 5.74) is 0.984. The van der Waals surface area contributed by atoms with E-state index >= 15 is 0 Å². The van der Waals surface area contributed by atoms with Crippen LogP contribution in [-0.4, -0.2) is 52.0 Å². The van der Waals surface area contributed by atoms with Gasteiger partial charge in [0, 0.05) is 26.8 Å². The van der Waals surface area contributed by atoms with E-state index in [4.69, 9.17) is 4.74 Å². The molecular weight excluding hydrogens is 304 g/mol. The van der Waals surface area contributed by atoms with Crippen molar-refractivity contribution in [2.24, 2.45) is 0 Å². The monoisotopic (exact) mass is 328 g/mol. The molecule has 0 bridgehead atoms. The first-order valence-electron chi connectivity index (χ1n) is 7.24. The van der Waals surface area contributed by atoms with E-state index in [0.717, 1.165) is 5.56 Å². The second-order valence-electron chi connectivity index (χ2n) is 4.94. The molecule has 0 aliphatic carbocycles. The van der Waals surface area contributed by atoms with Gasteiger partial charge in [0.05, 0.1) is 11.4 Å². The Morgan fingerprint density at radius 3 is 2.45 bits per heavy atom. The van der Waals surface area contributed by atoms with Gasteiger partial charge in [-0.15, -0.1) is 0 Å². The van der Waals surface area contributed by atoms with Gasteiger partial charge in [-0.1, -0.05) is 24.6 Å². The number of carbonyl (C=O) groups is 1. The first-order chi connectivity index (χ1) is 10.4. The van der Waals surface area contributed by atoms with Gasteiger partial charge in [0.25, 0.3) is 0 Å². The van der Waals surface area contributed by atoms with Gasteiger partial charge < -0.3 is 10.1 Å². The second kappa shape index (κ2) is 8.87. The van der Waals surface area contributed by atoms with E-state index in [1.807, 2.05) is 6.92 Å². The minimum atomic E-state index is -3.65. The Morgan fingerprint density at radius 2 is 1.91 bits per heavy atom. The van der Waals surface area contributed by atoms with E-state index in [1.165, 1.54) is 4.31 Å². The molecule has 7 heteroatoms. The van der Waals surface area contributed by atoms with Crippen LogP contribution in [0.4, 0.5) is 0 Å². The zero-order valence-corrected chi connectivity index (χ0v) is 14.1. The number of sulfonamides is 1. The fourth-order valence-corrected chi connectivity index (χ4v) is 3.29. The molecule has 0 heterocycles. The number of hydrogen-bond acceptors (Lipinski definition) is 4. The number of ether oxygens (including phenoxy) is 1. The molecule has 0 aliphatic heterocycles. The number of nitrogens with zero attached hydrogens (tertiary/aromatic N) is 1. The Morgan fingerprint density at radius 1 is 1.27 bits per heavy atom. The standard InChI is InChI=1S/C15H24N2O4S/c1-4-17(12-15(18)16-10-5-11-21-3)22(19,20)14-8-6-13(2)7-9-14/h6-9H,4-5,10-12H2,1-3H3,(H,16,18). The molecule has 0 saturated carbocycles. The Hall–Kier alpha value is -1.44. The molecule has 1 aromatic carbocycles. The highest BCUT2D eigenvalue weighted by Gasteiger charge is 2.24. The number of methoxy groups -OCH3 is 1. The van der Waals surface area contributed by atoms with E-state index in [-0.39, 0.29) is 23.9 Å². The molecule has 1 amide bonds. The third-order valence-electron chi connectivity index (χ3n) is 3.18. The molecule has 1 N–H and O–H groups in total. The van der Waals surface area contributed by atoms with Crippen molar-refractivity contribution in [2.45, 2.75) is 25.2 Å². The summed E-state index contributed by atoms with van der Waals surface area (Å²) in [6, 6.07) is 6.60. The van der Waals surface area contributed by atoms with Crippen LogP contribution in [0.25, 0.3) is 0 Å². The lowest BCUT2D eigenvalue weighted by atomic mass is 10.2. The van der Waals surface area contributed by atoms with Crippen LogP contribution >= 0.6 is 0 Å². The summed E-state index contributed by atoms with van der Waals surface area (Å²) in [6.07, 6.45) is 0.694. The third-order valence-corrected chi connectivity index (χ3v) is 5.11. The number of benzene rings is 1. The van der Waals surface area contributed by atoms with Crippen molar-refractivity contribution in [2.75, 3.05) is 33.4 Å². The molecule has 0 aliphatic rings. The van der Waals surface area contributed by atoms with Gasteiger partial charge in [-0.3, -0.25) is 4.79 Å². The first-order valence-corrected chi connectivity index (χ1v) is 8.68. The second-order valence-corrected chi connectivity index (χ2v) is 6.88.